The van der Waals surface area contributed by atoms with E-state index in [-0.39, 0.29) is 6.04 Å². The van der Waals surface area contributed by atoms with Crippen molar-refractivity contribution < 1.29 is 9.53 Å². The van der Waals surface area contributed by atoms with Crippen LogP contribution in [0.5, 0.6) is 5.75 Å². The summed E-state index contributed by atoms with van der Waals surface area (Å²) >= 11 is 0. The zero-order valence-electron chi connectivity index (χ0n) is 17.0. The van der Waals surface area contributed by atoms with Crippen LogP contribution in [0.15, 0.2) is 24.3 Å². The number of amides is 1. The Kier molecular flexibility index (Phi) is 7.53. The minimum absolute atomic E-state index is 0.117. The molecule has 3 rings (SSSR count). The van der Waals surface area contributed by atoms with Gasteiger partial charge in [-0.15, -0.1) is 0 Å². The number of piperidine rings is 1. The molecule has 0 bridgehead atoms. The molecule has 0 aromatic heterocycles. The highest BCUT2D eigenvalue weighted by atomic mass is 16.5. The van der Waals surface area contributed by atoms with E-state index in [1.165, 1.54) is 18.4 Å². The molecule has 0 saturated carbocycles. The second kappa shape index (κ2) is 10.1. The predicted molar refractivity (Wildman–Crippen MR) is 109 cm³/mol. The summed E-state index contributed by atoms with van der Waals surface area (Å²) in [4.78, 5) is 20.2. The van der Waals surface area contributed by atoms with Crippen LogP contribution in [0.4, 0.5) is 0 Å². The molecule has 0 radical (unpaired) electrons. The number of ether oxygens (including phenoxy) is 1. The maximum absolute atomic E-state index is 13.2. The summed E-state index contributed by atoms with van der Waals surface area (Å²) in [5.41, 5.74) is 1.30. The van der Waals surface area contributed by atoms with Gasteiger partial charge in [0, 0.05) is 32.7 Å². The van der Waals surface area contributed by atoms with Crippen molar-refractivity contribution in [3.63, 3.8) is 0 Å². The molecule has 5 heteroatoms. The zero-order valence-corrected chi connectivity index (χ0v) is 17.0. The molecule has 1 aromatic rings. The van der Waals surface area contributed by atoms with E-state index < -0.39 is 0 Å². The van der Waals surface area contributed by atoms with E-state index >= 15 is 0 Å². The highest BCUT2D eigenvalue weighted by molar-refractivity contribution is 5.82. The van der Waals surface area contributed by atoms with Crippen LogP contribution in [-0.2, 0) is 11.3 Å². The van der Waals surface area contributed by atoms with E-state index in [1.54, 1.807) is 7.11 Å². The van der Waals surface area contributed by atoms with Gasteiger partial charge >= 0.3 is 0 Å². The van der Waals surface area contributed by atoms with Crippen LogP contribution in [0.3, 0.4) is 0 Å². The number of hydrogen-bond donors (Lipinski definition) is 0. The molecule has 0 spiro atoms. The summed E-state index contributed by atoms with van der Waals surface area (Å²) in [6.45, 7) is 9.04. The van der Waals surface area contributed by atoms with Crippen molar-refractivity contribution >= 4 is 5.91 Å². The lowest BCUT2D eigenvalue weighted by molar-refractivity contribution is -0.138. The lowest BCUT2D eigenvalue weighted by atomic mass is 10.0. The van der Waals surface area contributed by atoms with Crippen LogP contribution in [0.2, 0.25) is 0 Å². The molecule has 27 heavy (non-hydrogen) atoms. The summed E-state index contributed by atoms with van der Waals surface area (Å²) in [6, 6.07) is 8.43. The average molecular weight is 374 g/mol. The topological polar surface area (TPSA) is 36.0 Å². The van der Waals surface area contributed by atoms with E-state index in [0.717, 1.165) is 70.8 Å². The van der Waals surface area contributed by atoms with Gasteiger partial charge in [0.25, 0.3) is 0 Å². The zero-order chi connectivity index (χ0) is 19.1. The van der Waals surface area contributed by atoms with E-state index in [9.17, 15) is 4.79 Å². The quantitative estimate of drug-likeness (QED) is 0.768. The van der Waals surface area contributed by atoms with Gasteiger partial charge < -0.3 is 9.64 Å². The molecule has 1 atom stereocenters. The molecule has 2 saturated heterocycles. The molecule has 1 aromatic carbocycles. The van der Waals surface area contributed by atoms with Crippen molar-refractivity contribution in [3.05, 3.63) is 29.8 Å². The minimum atomic E-state index is 0.117. The molecule has 2 aliphatic heterocycles. The summed E-state index contributed by atoms with van der Waals surface area (Å²) in [5.74, 6) is 1.27. The van der Waals surface area contributed by atoms with Crippen LogP contribution in [0.1, 0.15) is 44.6 Å². The molecule has 0 N–H and O–H groups in total. The van der Waals surface area contributed by atoms with Crippen LogP contribution < -0.4 is 4.74 Å². The molecule has 2 aliphatic rings. The number of hydrogen-bond acceptors (Lipinski definition) is 4. The highest BCUT2D eigenvalue weighted by Crippen LogP contribution is 2.20. The van der Waals surface area contributed by atoms with Crippen LogP contribution in [0, 0.1) is 0 Å². The fraction of sp³-hybridized carbons (Fsp3) is 0.682. The van der Waals surface area contributed by atoms with Gasteiger partial charge in [0.15, 0.2) is 0 Å². The maximum atomic E-state index is 13.2. The van der Waals surface area contributed by atoms with Gasteiger partial charge in [-0.2, -0.15) is 0 Å². The fourth-order valence-corrected chi connectivity index (χ4v) is 4.37. The van der Waals surface area contributed by atoms with E-state index in [4.69, 9.17) is 4.74 Å². The first-order valence-corrected chi connectivity index (χ1v) is 10.6. The minimum Gasteiger partial charge on any atom is -0.497 e. The molecule has 5 nitrogen and oxygen atoms in total. The van der Waals surface area contributed by atoms with Gasteiger partial charge in [0.1, 0.15) is 5.75 Å². The van der Waals surface area contributed by atoms with Gasteiger partial charge in [0.05, 0.1) is 13.2 Å². The van der Waals surface area contributed by atoms with Crippen molar-refractivity contribution in [2.45, 2.75) is 51.6 Å². The molecule has 1 unspecified atom stereocenters. The first-order chi connectivity index (χ1) is 13.2. The maximum Gasteiger partial charge on any atom is 0.239 e. The Bertz CT molecular complexity index is 588. The van der Waals surface area contributed by atoms with Crippen molar-refractivity contribution in [3.8, 4) is 5.75 Å². The smallest absolute Gasteiger partial charge is 0.239 e. The molecular formula is C22H35N3O2. The molecule has 150 valence electrons. The second-order valence-corrected chi connectivity index (χ2v) is 7.85. The van der Waals surface area contributed by atoms with Crippen LogP contribution in [-0.4, -0.2) is 73.0 Å². The van der Waals surface area contributed by atoms with E-state index in [1.807, 2.05) is 12.1 Å². The Labute approximate surface area is 164 Å². The number of nitrogens with zero attached hydrogens (tertiary/aromatic N) is 3. The van der Waals surface area contributed by atoms with E-state index in [2.05, 4.69) is 33.8 Å². The number of carbonyl (C=O) groups is 1. The normalized spacial score (nSPS) is 22.4. The molecule has 2 fully saturated rings. The largest absolute Gasteiger partial charge is 0.497 e. The first kappa shape index (κ1) is 20.2. The predicted octanol–water partition coefficient (Wildman–Crippen LogP) is 2.99. The number of carbonyl (C=O) groups excluding carboxylic acids is 1. The van der Waals surface area contributed by atoms with Gasteiger partial charge in [0.2, 0.25) is 5.91 Å². The Morgan fingerprint density at radius 1 is 1.04 bits per heavy atom. The Balaban J connectivity index is 1.54. The van der Waals surface area contributed by atoms with Crippen LogP contribution >= 0.6 is 0 Å². The molecule has 2 heterocycles. The Morgan fingerprint density at radius 3 is 2.59 bits per heavy atom. The number of benzene rings is 1. The first-order valence-electron chi connectivity index (χ1n) is 10.6. The lowest BCUT2D eigenvalue weighted by Crippen LogP contribution is -2.51. The summed E-state index contributed by atoms with van der Waals surface area (Å²) < 4.78 is 5.24. The van der Waals surface area contributed by atoms with Gasteiger partial charge in [-0.1, -0.05) is 25.5 Å². The third kappa shape index (κ3) is 5.45. The molecule has 1 amide bonds. The summed E-state index contributed by atoms with van der Waals surface area (Å²) in [6.07, 6.45) is 5.64. The Morgan fingerprint density at radius 2 is 1.85 bits per heavy atom. The summed E-state index contributed by atoms with van der Waals surface area (Å²) in [7, 11) is 1.70. The number of likely N-dealkylation sites (tertiary alicyclic amines) is 1. The monoisotopic (exact) mass is 373 g/mol. The van der Waals surface area contributed by atoms with E-state index in [0.29, 0.717) is 5.91 Å². The van der Waals surface area contributed by atoms with Crippen molar-refractivity contribution in [1.29, 1.82) is 0 Å². The SMILES string of the molecule is CCCN1CCCCC1C(=O)N1CCCN(Cc2ccc(OC)cc2)CC1. The Hall–Kier alpha value is -1.59. The number of rotatable bonds is 6. The molecule has 0 aliphatic carbocycles. The lowest BCUT2D eigenvalue weighted by Gasteiger charge is -2.37. The third-order valence-corrected chi connectivity index (χ3v) is 5.87. The third-order valence-electron chi connectivity index (χ3n) is 5.87. The van der Waals surface area contributed by atoms with Crippen molar-refractivity contribution in [2.75, 3.05) is 46.4 Å². The van der Waals surface area contributed by atoms with Gasteiger partial charge in [-0.3, -0.25) is 14.6 Å². The fourth-order valence-electron chi connectivity index (χ4n) is 4.37. The number of methoxy groups -OCH3 is 1. The van der Waals surface area contributed by atoms with Crippen molar-refractivity contribution in [2.24, 2.45) is 0 Å². The average Bonchev–Trinajstić information content (AvgIpc) is 2.94. The van der Waals surface area contributed by atoms with Crippen molar-refractivity contribution in [1.82, 2.24) is 14.7 Å². The van der Waals surface area contributed by atoms with Gasteiger partial charge in [-0.25, -0.2) is 0 Å². The van der Waals surface area contributed by atoms with Crippen LogP contribution in [0.25, 0.3) is 0 Å². The van der Waals surface area contributed by atoms with Gasteiger partial charge in [-0.05, 0) is 56.5 Å². The molecular weight excluding hydrogens is 338 g/mol. The second-order valence-electron chi connectivity index (χ2n) is 7.85. The highest BCUT2D eigenvalue weighted by Gasteiger charge is 2.32. The summed E-state index contributed by atoms with van der Waals surface area (Å²) in [5, 5.41) is 0. The standard InChI is InChI=1S/C22H35N3O2/c1-3-12-24-14-5-4-7-21(24)22(26)25-15-6-13-23(16-17-25)18-19-8-10-20(27-2)11-9-19/h8-11,21H,3-7,12-18H2,1-2H3.